The highest BCUT2D eigenvalue weighted by molar-refractivity contribution is 5.96. The zero-order valence-electron chi connectivity index (χ0n) is 13.1. The first kappa shape index (κ1) is 17.7. The number of hydrogen-bond acceptors (Lipinski definition) is 3. The van der Waals surface area contributed by atoms with E-state index < -0.39 is 40.8 Å². The van der Waals surface area contributed by atoms with Gasteiger partial charge < -0.3 is 9.47 Å². The second-order valence-electron chi connectivity index (χ2n) is 5.23. The van der Waals surface area contributed by atoms with E-state index in [1.807, 2.05) is 0 Å². The van der Waals surface area contributed by atoms with Crippen LogP contribution >= 0.6 is 0 Å². The lowest BCUT2D eigenvalue weighted by atomic mass is 10.1. The maximum absolute atomic E-state index is 13.8. The summed E-state index contributed by atoms with van der Waals surface area (Å²) >= 11 is 0. The van der Waals surface area contributed by atoms with Crippen LogP contribution in [0.5, 0.6) is 11.5 Å². The molecule has 0 saturated carbocycles. The van der Waals surface area contributed by atoms with Crippen LogP contribution in [-0.4, -0.2) is 13.1 Å². The summed E-state index contributed by atoms with van der Waals surface area (Å²) in [4.78, 5) is 12.1. The number of esters is 1. The molecule has 0 aliphatic heterocycles. The fraction of sp³-hybridized carbons (Fsp3) is 0.0556. The number of carbonyl (C=O) groups excluding carboxylic acids is 1. The minimum atomic E-state index is -1.64. The molecule has 0 heterocycles. The summed E-state index contributed by atoms with van der Waals surface area (Å²) in [5.74, 6) is -9.06. The van der Waals surface area contributed by atoms with Crippen molar-refractivity contribution in [3.63, 3.8) is 0 Å². The Kier molecular flexibility index (Phi) is 4.50. The highest BCUT2D eigenvalue weighted by Crippen LogP contribution is 2.29. The second kappa shape index (κ2) is 6.62. The largest absolute Gasteiger partial charge is 0.497 e. The molecule has 0 atom stereocenters. The molecule has 0 aliphatic rings. The van der Waals surface area contributed by atoms with Gasteiger partial charge in [0.05, 0.1) is 12.7 Å². The highest BCUT2D eigenvalue weighted by Gasteiger charge is 2.20. The molecule has 3 nitrogen and oxygen atoms in total. The molecule has 0 fully saturated rings. The van der Waals surface area contributed by atoms with E-state index in [0.29, 0.717) is 6.07 Å². The lowest BCUT2D eigenvalue weighted by Crippen LogP contribution is -2.11. The van der Waals surface area contributed by atoms with Gasteiger partial charge in [0.1, 0.15) is 5.75 Å². The number of benzene rings is 3. The molecule has 0 amide bonds. The Morgan fingerprint density at radius 2 is 1.50 bits per heavy atom. The SMILES string of the molecule is COc1cc(F)c(OC(=O)c2ccc3c(F)c(F)c(F)cc3c2)c(F)c1. The second-order valence-corrected chi connectivity index (χ2v) is 5.23. The average molecular weight is 368 g/mol. The van der Waals surface area contributed by atoms with Crippen LogP contribution in [0.1, 0.15) is 10.4 Å². The molecule has 0 bridgehead atoms. The van der Waals surface area contributed by atoms with Crippen molar-refractivity contribution in [2.75, 3.05) is 7.11 Å². The number of rotatable bonds is 3. The van der Waals surface area contributed by atoms with Gasteiger partial charge in [-0.15, -0.1) is 0 Å². The summed E-state index contributed by atoms with van der Waals surface area (Å²) in [7, 11) is 1.20. The van der Waals surface area contributed by atoms with Gasteiger partial charge in [-0.2, -0.15) is 0 Å². The van der Waals surface area contributed by atoms with Crippen molar-refractivity contribution in [2.45, 2.75) is 0 Å². The third-order valence-electron chi connectivity index (χ3n) is 3.61. The van der Waals surface area contributed by atoms with Crippen molar-refractivity contribution in [3.05, 3.63) is 71.0 Å². The fourth-order valence-electron chi connectivity index (χ4n) is 2.34. The van der Waals surface area contributed by atoms with Crippen molar-refractivity contribution in [3.8, 4) is 11.5 Å². The average Bonchev–Trinajstić information content (AvgIpc) is 2.62. The first-order valence-electron chi connectivity index (χ1n) is 7.14. The molecule has 8 heteroatoms. The molecule has 0 spiro atoms. The van der Waals surface area contributed by atoms with Gasteiger partial charge in [-0.3, -0.25) is 0 Å². The summed E-state index contributed by atoms with van der Waals surface area (Å²) in [5.41, 5.74) is -0.238. The predicted octanol–water partition coefficient (Wildman–Crippen LogP) is 4.76. The van der Waals surface area contributed by atoms with Crippen molar-refractivity contribution < 1.29 is 36.2 Å². The fourth-order valence-corrected chi connectivity index (χ4v) is 2.34. The summed E-state index contributed by atoms with van der Waals surface area (Å²) in [5, 5.41) is -0.381. The molecule has 3 aromatic carbocycles. The Hall–Kier alpha value is -3.16. The van der Waals surface area contributed by atoms with E-state index >= 15 is 0 Å². The number of halogens is 5. The Bertz CT molecular complexity index is 1010. The number of methoxy groups -OCH3 is 1. The molecular formula is C18H9F5O3. The first-order chi connectivity index (χ1) is 12.3. The smallest absolute Gasteiger partial charge is 0.343 e. The molecular weight excluding hydrogens is 359 g/mol. The maximum Gasteiger partial charge on any atom is 0.343 e. The standard InChI is InChI=1S/C18H9F5O3/c1-25-10-6-13(20)17(14(21)7-10)26-18(24)8-2-3-11-9(4-8)5-12(19)16(23)15(11)22/h2-7H,1H3. The van der Waals surface area contributed by atoms with Crippen molar-refractivity contribution in [1.29, 1.82) is 0 Å². The van der Waals surface area contributed by atoms with Crippen molar-refractivity contribution >= 4 is 16.7 Å². The first-order valence-corrected chi connectivity index (χ1v) is 7.14. The van der Waals surface area contributed by atoms with E-state index in [-0.39, 0.29) is 22.1 Å². The van der Waals surface area contributed by atoms with E-state index in [2.05, 4.69) is 9.47 Å². The number of hydrogen-bond donors (Lipinski definition) is 0. The number of ether oxygens (including phenoxy) is 2. The van der Waals surface area contributed by atoms with E-state index in [1.165, 1.54) is 7.11 Å². The van der Waals surface area contributed by atoms with Gasteiger partial charge in [0.25, 0.3) is 0 Å². The van der Waals surface area contributed by atoms with E-state index in [9.17, 15) is 26.7 Å². The van der Waals surface area contributed by atoms with E-state index in [0.717, 1.165) is 30.3 Å². The van der Waals surface area contributed by atoms with E-state index in [1.54, 1.807) is 0 Å². The summed E-state index contributed by atoms with van der Waals surface area (Å²) in [6.07, 6.45) is 0. The van der Waals surface area contributed by atoms with Gasteiger partial charge in [-0.25, -0.2) is 26.7 Å². The van der Waals surface area contributed by atoms with Crippen LogP contribution in [0.2, 0.25) is 0 Å². The van der Waals surface area contributed by atoms with Crippen LogP contribution in [-0.2, 0) is 0 Å². The number of carbonyl (C=O) groups is 1. The highest BCUT2D eigenvalue weighted by atomic mass is 19.2. The topological polar surface area (TPSA) is 35.5 Å². The molecule has 0 aliphatic carbocycles. The lowest BCUT2D eigenvalue weighted by Gasteiger charge is -2.09. The Balaban J connectivity index is 1.97. The normalized spacial score (nSPS) is 10.8. The van der Waals surface area contributed by atoms with Crippen LogP contribution in [0.3, 0.4) is 0 Å². The molecule has 0 aromatic heterocycles. The molecule has 3 rings (SSSR count). The molecule has 0 saturated heterocycles. The minimum absolute atomic E-state index is 0.113. The van der Waals surface area contributed by atoms with Gasteiger partial charge in [-0.05, 0) is 23.6 Å². The quantitative estimate of drug-likeness (QED) is 0.289. The van der Waals surface area contributed by atoms with Gasteiger partial charge in [-0.1, -0.05) is 6.07 Å². The van der Waals surface area contributed by atoms with Crippen molar-refractivity contribution in [2.24, 2.45) is 0 Å². The lowest BCUT2D eigenvalue weighted by molar-refractivity contribution is 0.0720. The predicted molar refractivity (Wildman–Crippen MR) is 81.7 cm³/mol. The van der Waals surface area contributed by atoms with Crippen LogP contribution < -0.4 is 9.47 Å². The minimum Gasteiger partial charge on any atom is -0.497 e. The maximum atomic E-state index is 13.8. The third kappa shape index (κ3) is 3.05. The Morgan fingerprint density at radius 3 is 2.12 bits per heavy atom. The Labute approximate surface area is 143 Å². The van der Waals surface area contributed by atoms with Crippen molar-refractivity contribution in [1.82, 2.24) is 0 Å². The van der Waals surface area contributed by atoms with Gasteiger partial charge >= 0.3 is 5.97 Å². The van der Waals surface area contributed by atoms with Crippen LogP contribution in [0.4, 0.5) is 22.0 Å². The summed E-state index contributed by atoms with van der Waals surface area (Å²) in [6.45, 7) is 0. The zero-order valence-corrected chi connectivity index (χ0v) is 13.1. The number of fused-ring (bicyclic) bond motifs is 1. The van der Waals surface area contributed by atoms with Gasteiger partial charge in [0.2, 0.25) is 5.75 Å². The Morgan fingerprint density at radius 1 is 0.846 bits per heavy atom. The van der Waals surface area contributed by atoms with Crippen LogP contribution in [0.15, 0.2) is 36.4 Å². The summed E-state index contributed by atoms with van der Waals surface area (Å²) < 4.78 is 77.3. The van der Waals surface area contributed by atoms with E-state index in [4.69, 9.17) is 0 Å². The van der Waals surface area contributed by atoms with Crippen LogP contribution in [0, 0.1) is 29.1 Å². The van der Waals surface area contributed by atoms with Gasteiger partial charge in [0, 0.05) is 17.5 Å². The molecule has 0 unspecified atom stereocenters. The molecule has 134 valence electrons. The third-order valence-corrected chi connectivity index (χ3v) is 3.61. The van der Waals surface area contributed by atoms with Gasteiger partial charge in [0.15, 0.2) is 29.1 Å². The molecule has 0 radical (unpaired) electrons. The summed E-state index contributed by atoms with van der Waals surface area (Å²) in [6, 6.07) is 5.44. The van der Waals surface area contributed by atoms with Crippen LogP contribution in [0.25, 0.3) is 10.8 Å². The molecule has 3 aromatic rings. The molecule has 0 N–H and O–H groups in total. The molecule has 26 heavy (non-hydrogen) atoms. The zero-order chi connectivity index (χ0) is 19.0. The monoisotopic (exact) mass is 368 g/mol.